The molecule has 1 atom stereocenters. The van der Waals surface area contributed by atoms with Gasteiger partial charge in [-0.2, -0.15) is 0 Å². The number of rotatable bonds is 5. The van der Waals surface area contributed by atoms with E-state index in [2.05, 4.69) is 9.97 Å². The van der Waals surface area contributed by atoms with Crippen LogP contribution in [0.4, 0.5) is 0 Å². The zero-order valence-corrected chi connectivity index (χ0v) is 11.6. The van der Waals surface area contributed by atoms with E-state index in [0.29, 0.717) is 18.0 Å². The molecule has 5 nitrogen and oxygen atoms in total. The minimum atomic E-state index is -0.937. The van der Waals surface area contributed by atoms with Gasteiger partial charge >= 0.3 is 5.97 Å². The number of carbonyl (C=O) groups is 1. The summed E-state index contributed by atoms with van der Waals surface area (Å²) < 4.78 is 0. The first kappa shape index (κ1) is 14.3. The Morgan fingerprint density at radius 1 is 1.40 bits per heavy atom. The van der Waals surface area contributed by atoms with E-state index in [1.807, 2.05) is 26.0 Å². The Morgan fingerprint density at radius 2 is 2.05 bits per heavy atom. The third-order valence-corrected chi connectivity index (χ3v) is 3.42. The van der Waals surface area contributed by atoms with Gasteiger partial charge in [0.1, 0.15) is 0 Å². The Hall–Kier alpha value is -2.14. The van der Waals surface area contributed by atoms with Gasteiger partial charge < -0.3 is 15.8 Å². The fraction of sp³-hybridized carbons (Fsp3) is 0.333. The number of H-pyrrole nitrogens is 1. The number of aromatic nitrogens is 2. The SMILES string of the molecule is CC(C)[C@@H](N)Cc1[nH]c(-c2ccncc2)cc1C(=O)O. The predicted molar refractivity (Wildman–Crippen MR) is 77.5 cm³/mol. The Morgan fingerprint density at radius 3 is 2.60 bits per heavy atom. The average Bonchev–Trinajstić information content (AvgIpc) is 2.83. The summed E-state index contributed by atoms with van der Waals surface area (Å²) in [6.07, 6.45) is 3.87. The van der Waals surface area contributed by atoms with Crippen molar-refractivity contribution in [2.75, 3.05) is 0 Å². The number of nitrogens with zero attached hydrogens (tertiary/aromatic N) is 1. The molecule has 0 saturated carbocycles. The zero-order valence-electron chi connectivity index (χ0n) is 11.6. The lowest BCUT2D eigenvalue weighted by Gasteiger charge is -2.14. The highest BCUT2D eigenvalue weighted by Gasteiger charge is 2.18. The molecule has 2 aromatic rings. The molecule has 0 fully saturated rings. The molecule has 0 spiro atoms. The van der Waals surface area contributed by atoms with E-state index in [9.17, 15) is 9.90 Å². The van der Waals surface area contributed by atoms with Gasteiger partial charge in [-0.3, -0.25) is 4.98 Å². The summed E-state index contributed by atoms with van der Waals surface area (Å²) in [6.45, 7) is 4.05. The van der Waals surface area contributed by atoms with E-state index in [1.54, 1.807) is 18.5 Å². The van der Waals surface area contributed by atoms with Crippen LogP contribution < -0.4 is 5.73 Å². The highest BCUT2D eigenvalue weighted by molar-refractivity contribution is 5.91. The first-order chi connectivity index (χ1) is 9.49. The number of aromatic carboxylic acids is 1. The molecule has 0 radical (unpaired) electrons. The molecule has 0 amide bonds. The van der Waals surface area contributed by atoms with Crippen LogP contribution in [-0.2, 0) is 6.42 Å². The predicted octanol–water partition coefficient (Wildman–Crippen LogP) is 2.30. The van der Waals surface area contributed by atoms with E-state index in [1.165, 1.54) is 0 Å². The van der Waals surface area contributed by atoms with Crippen LogP contribution >= 0.6 is 0 Å². The van der Waals surface area contributed by atoms with E-state index >= 15 is 0 Å². The van der Waals surface area contributed by atoms with Gasteiger partial charge in [0.25, 0.3) is 0 Å². The van der Waals surface area contributed by atoms with Crippen molar-refractivity contribution in [2.45, 2.75) is 26.3 Å². The number of hydrogen-bond acceptors (Lipinski definition) is 3. The third kappa shape index (κ3) is 3.05. The van der Waals surface area contributed by atoms with Crippen LogP contribution in [0.25, 0.3) is 11.3 Å². The zero-order chi connectivity index (χ0) is 14.7. The van der Waals surface area contributed by atoms with E-state index in [0.717, 1.165) is 11.3 Å². The monoisotopic (exact) mass is 273 g/mol. The van der Waals surface area contributed by atoms with Crippen LogP contribution in [0, 0.1) is 5.92 Å². The number of nitrogens with two attached hydrogens (primary N) is 1. The maximum Gasteiger partial charge on any atom is 0.337 e. The molecule has 20 heavy (non-hydrogen) atoms. The summed E-state index contributed by atoms with van der Waals surface area (Å²) in [5, 5.41) is 9.30. The van der Waals surface area contributed by atoms with Crippen molar-refractivity contribution in [1.82, 2.24) is 9.97 Å². The van der Waals surface area contributed by atoms with Gasteiger partial charge in [-0.15, -0.1) is 0 Å². The van der Waals surface area contributed by atoms with E-state index < -0.39 is 5.97 Å². The highest BCUT2D eigenvalue weighted by Crippen LogP contribution is 2.23. The summed E-state index contributed by atoms with van der Waals surface area (Å²) in [6, 6.07) is 5.25. The second-order valence-electron chi connectivity index (χ2n) is 5.23. The summed E-state index contributed by atoms with van der Waals surface area (Å²) in [7, 11) is 0. The van der Waals surface area contributed by atoms with Crippen molar-refractivity contribution in [1.29, 1.82) is 0 Å². The fourth-order valence-corrected chi connectivity index (χ4v) is 2.01. The lowest BCUT2D eigenvalue weighted by Crippen LogP contribution is -2.29. The second-order valence-corrected chi connectivity index (χ2v) is 5.23. The average molecular weight is 273 g/mol. The van der Waals surface area contributed by atoms with Crippen molar-refractivity contribution in [3.8, 4) is 11.3 Å². The van der Waals surface area contributed by atoms with E-state index in [-0.39, 0.29) is 11.6 Å². The number of aromatic amines is 1. The smallest absolute Gasteiger partial charge is 0.337 e. The molecule has 0 unspecified atom stereocenters. The molecule has 0 aromatic carbocycles. The van der Waals surface area contributed by atoms with Crippen LogP contribution in [0.15, 0.2) is 30.6 Å². The Kier molecular flexibility index (Phi) is 4.20. The molecular weight excluding hydrogens is 254 g/mol. The van der Waals surface area contributed by atoms with Gasteiger partial charge in [-0.25, -0.2) is 4.79 Å². The molecule has 0 saturated heterocycles. The van der Waals surface area contributed by atoms with Gasteiger partial charge in [0, 0.05) is 41.8 Å². The molecule has 0 aliphatic carbocycles. The third-order valence-electron chi connectivity index (χ3n) is 3.42. The fourth-order valence-electron chi connectivity index (χ4n) is 2.01. The molecule has 0 aliphatic rings. The van der Waals surface area contributed by atoms with Crippen LogP contribution in [0.1, 0.15) is 29.9 Å². The molecule has 4 N–H and O–H groups in total. The van der Waals surface area contributed by atoms with Gasteiger partial charge in [0.2, 0.25) is 0 Å². The van der Waals surface area contributed by atoms with Crippen molar-refractivity contribution in [3.05, 3.63) is 41.9 Å². The second kappa shape index (κ2) is 5.88. The number of pyridine rings is 1. The first-order valence-corrected chi connectivity index (χ1v) is 6.60. The van der Waals surface area contributed by atoms with E-state index in [4.69, 9.17) is 5.73 Å². The Labute approximate surface area is 117 Å². The molecule has 2 aromatic heterocycles. The number of nitrogens with one attached hydrogen (secondary N) is 1. The van der Waals surface area contributed by atoms with Crippen molar-refractivity contribution >= 4 is 5.97 Å². The largest absolute Gasteiger partial charge is 0.478 e. The number of carboxylic acids is 1. The van der Waals surface area contributed by atoms with Crippen LogP contribution in [0.5, 0.6) is 0 Å². The lowest BCUT2D eigenvalue weighted by atomic mass is 9.99. The van der Waals surface area contributed by atoms with Crippen LogP contribution in [0.3, 0.4) is 0 Å². The quantitative estimate of drug-likeness (QED) is 0.779. The molecule has 5 heteroatoms. The standard InChI is InChI=1S/C15H19N3O2/c1-9(2)12(16)8-14-11(15(19)20)7-13(18-14)10-3-5-17-6-4-10/h3-7,9,12,18H,8,16H2,1-2H3,(H,19,20)/t12-/m0/s1. The van der Waals surface area contributed by atoms with Crippen LogP contribution in [0.2, 0.25) is 0 Å². The number of hydrogen-bond donors (Lipinski definition) is 3. The Bertz CT molecular complexity index is 590. The van der Waals surface area contributed by atoms with Crippen molar-refractivity contribution in [2.24, 2.45) is 11.7 Å². The summed E-state index contributed by atoms with van der Waals surface area (Å²) in [4.78, 5) is 18.5. The van der Waals surface area contributed by atoms with Gasteiger partial charge in [-0.1, -0.05) is 13.8 Å². The topological polar surface area (TPSA) is 92.0 Å². The van der Waals surface area contributed by atoms with Gasteiger partial charge in [0.15, 0.2) is 0 Å². The maximum atomic E-state index is 11.3. The summed E-state index contributed by atoms with van der Waals surface area (Å²) in [5.74, 6) is -0.642. The molecule has 106 valence electrons. The normalized spacial score (nSPS) is 12.6. The molecule has 0 aliphatic heterocycles. The van der Waals surface area contributed by atoms with Crippen molar-refractivity contribution in [3.63, 3.8) is 0 Å². The van der Waals surface area contributed by atoms with Crippen LogP contribution in [-0.4, -0.2) is 27.1 Å². The van der Waals surface area contributed by atoms with Crippen molar-refractivity contribution < 1.29 is 9.90 Å². The summed E-state index contributed by atoms with van der Waals surface area (Å²) in [5.41, 5.74) is 8.68. The number of carboxylic acid groups (broad SMARTS) is 1. The molecule has 2 rings (SSSR count). The minimum absolute atomic E-state index is 0.0722. The minimum Gasteiger partial charge on any atom is -0.478 e. The molecular formula is C15H19N3O2. The highest BCUT2D eigenvalue weighted by atomic mass is 16.4. The molecule has 2 heterocycles. The first-order valence-electron chi connectivity index (χ1n) is 6.60. The summed E-state index contributed by atoms with van der Waals surface area (Å²) >= 11 is 0. The van der Waals surface area contributed by atoms with Gasteiger partial charge in [-0.05, 0) is 24.1 Å². The van der Waals surface area contributed by atoms with Gasteiger partial charge in [0.05, 0.1) is 5.56 Å². The lowest BCUT2D eigenvalue weighted by molar-refractivity contribution is 0.0695. The maximum absolute atomic E-state index is 11.3. The Balaban J connectivity index is 2.36. The molecule has 0 bridgehead atoms.